The van der Waals surface area contributed by atoms with Gasteiger partial charge in [-0.05, 0) is 92.6 Å². The zero-order chi connectivity index (χ0) is 35.4. The number of hydrogen-bond acceptors (Lipinski definition) is 6. The van der Waals surface area contributed by atoms with Gasteiger partial charge in [0.15, 0.2) is 0 Å². The topological polar surface area (TPSA) is 45.9 Å². The molecular formula is C46H33N5OS. The van der Waals surface area contributed by atoms with Crippen LogP contribution in [0.2, 0.25) is 0 Å². The molecule has 0 amide bonds. The summed E-state index contributed by atoms with van der Waals surface area (Å²) in [5.74, 6) is 1.60. The van der Waals surface area contributed by atoms with Crippen LogP contribution in [0.25, 0.3) is 58.7 Å². The molecule has 5 heterocycles. The average Bonchev–Trinajstić information content (AvgIpc) is 3.87. The number of para-hydroxylation sites is 4. The van der Waals surface area contributed by atoms with E-state index in [4.69, 9.17) is 14.7 Å². The maximum Gasteiger partial charge on any atom is 0.147 e. The summed E-state index contributed by atoms with van der Waals surface area (Å²) < 4.78 is 11.6. The third-order valence-corrected chi connectivity index (χ3v) is 11.9. The lowest BCUT2D eigenvalue weighted by molar-refractivity contribution is 0.490. The lowest BCUT2D eigenvalue weighted by atomic mass is 10.0. The maximum atomic E-state index is 7.03. The Balaban J connectivity index is 1.10. The summed E-state index contributed by atoms with van der Waals surface area (Å²) in [7, 11) is 0. The van der Waals surface area contributed by atoms with Crippen molar-refractivity contribution in [3.05, 3.63) is 150 Å². The highest BCUT2D eigenvalue weighted by atomic mass is 32.1. The molecule has 0 atom stereocenters. The first-order chi connectivity index (χ1) is 26.0. The van der Waals surface area contributed by atoms with E-state index in [2.05, 4.69) is 150 Å². The van der Waals surface area contributed by atoms with Crippen molar-refractivity contribution >= 4 is 92.7 Å². The molecule has 0 spiro atoms. The monoisotopic (exact) mass is 703 g/mol. The molecule has 6 nitrogen and oxygen atoms in total. The number of thiophene rings is 1. The predicted molar refractivity (Wildman–Crippen MR) is 221 cm³/mol. The third-order valence-electron chi connectivity index (χ3n) is 10.7. The van der Waals surface area contributed by atoms with E-state index in [9.17, 15) is 0 Å². The van der Waals surface area contributed by atoms with Gasteiger partial charge in [-0.1, -0.05) is 66.2 Å². The highest BCUT2D eigenvalue weighted by Gasteiger charge is 2.30. The lowest BCUT2D eigenvalue weighted by Gasteiger charge is -2.25. The number of fused-ring (bicyclic) bond motifs is 13. The number of ether oxygens (including phenoxy) is 1. The fourth-order valence-electron chi connectivity index (χ4n) is 8.66. The van der Waals surface area contributed by atoms with Gasteiger partial charge in [0, 0.05) is 55.3 Å². The van der Waals surface area contributed by atoms with Crippen LogP contribution < -0.4 is 14.5 Å². The van der Waals surface area contributed by atoms with Crippen molar-refractivity contribution in [2.45, 2.75) is 20.8 Å². The third kappa shape index (κ3) is 4.44. The van der Waals surface area contributed by atoms with Crippen molar-refractivity contribution in [1.82, 2.24) is 14.4 Å². The Hall–Kier alpha value is -6.44. The van der Waals surface area contributed by atoms with Crippen molar-refractivity contribution in [3.63, 3.8) is 0 Å². The Morgan fingerprint density at radius 2 is 1.40 bits per heavy atom. The SMILES string of the molecule is Cc1cc(C)c(N2CN(c3cccc(Oc4cc5c(c6cccnc6n6c7ccccc7nc56)c5c4sc4ccccc45)c3)c3ccccc32)c(C)c1. The van der Waals surface area contributed by atoms with E-state index in [0.717, 1.165) is 60.4 Å². The number of aromatic nitrogens is 3. The van der Waals surface area contributed by atoms with Crippen molar-refractivity contribution in [2.24, 2.45) is 0 Å². The summed E-state index contributed by atoms with van der Waals surface area (Å²) in [6.07, 6.45) is 1.87. The van der Waals surface area contributed by atoms with Crippen molar-refractivity contribution in [1.29, 1.82) is 0 Å². The number of aryl methyl sites for hydroxylation is 3. The van der Waals surface area contributed by atoms with Crippen molar-refractivity contribution in [2.75, 3.05) is 16.5 Å². The number of benzene rings is 6. The average molecular weight is 704 g/mol. The molecule has 11 rings (SSSR count). The van der Waals surface area contributed by atoms with Crippen LogP contribution in [0.3, 0.4) is 0 Å². The second kappa shape index (κ2) is 11.3. The summed E-state index contributed by atoms with van der Waals surface area (Å²) >= 11 is 1.77. The molecule has 1 aliphatic heterocycles. The van der Waals surface area contributed by atoms with Crippen LogP contribution >= 0.6 is 11.3 Å². The second-order valence-corrected chi connectivity index (χ2v) is 15.1. The molecule has 1 aliphatic rings. The molecule has 0 aliphatic carbocycles. The Morgan fingerprint density at radius 3 is 2.26 bits per heavy atom. The Bertz CT molecular complexity index is 3120. The van der Waals surface area contributed by atoms with Crippen LogP contribution in [-0.2, 0) is 0 Å². The van der Waals surface area contributed by atoms with Gasteiger partial charge in [-0.3, -0.25) is 4.40 Å². The molecule has 0 bridgehead atoms. The summed E-state index contributed by atoms with van der Waals surface area (Å²) in [6.45, 7) is 7.30. The van der Waals surface area contributed by atoms with E-state index in [1.807, 2.05) is 18.3 Å². The molecule has 0 radical (unpaired) electrons. The number of anilines is 4. The van der Waals surface area contributed by atoms with Gasteiger partial charge in [0.05, 0.1) is 27.1 Å². The summed E-state index contributed by atoms with van der Waals surface area (Å²) in [6, 6.07) is 45.1. The number of pyridine rings is 2. The van der Waals surface area contributed by atoms with Crippen LogP contribution in [0.5, 0.6) is 11.5 Å². The van der Waals surface area contributed by atoms with E-state index in [0.29, 0.717) is 6.67 Å². The van der Waals surface area contributed by atoms with Crippen LogP contribution in [-0.4, -0.2) is 21.0 Å². The fraction of sp³-hybridized carbons (Fsp3) is 0.0870. The minimum Gasteiger partial charge on any atom is -0.456 e. The standard InChI is InChI=1S/C46H33N5OS/c1-27-22-28(2)43(29(3)23-27)50-26-49(37-18-7-8-19-38(37)50)30-12-10-13-31(24-30)52-39-25-34-41(42-32-14-4-9-20-40(32)53-44(39)42)33-15-11-21-47-45(33)51-36-17-6-5-16-35(36)48-46(34)51/h4-25H,26H2,1-3H3. The molecule has 0 N–H and O–H groups in total. The Kier molecular flexibility index (Phi) is 6.43. The molecule has 254 valence electrons. The smallest absolute Gasteiger partial charge is 0.147 e. The second-order valence-electron chi connectivity index (χ2n) is 14.1. The van der Waals surface area contributed by atoms with E-state index in [1.165, 1.54) is 49.2 Å². The van der Waals surface area contributed by atoms with Crippen molar-refractivity contribution in [3.8, 4) is 11.5 Å². The zero-order valence-electron chi connectivity index (χ0n) is 29.5. The van der Waals surface area contributed by atoms with Gasteiger partial charge in [0.2, 0.25) is 0 Å². The fourth-order valence-corrected chi connectivity index (χ4v) is 9.82. The van der Waals surface area contributed by atoms with Gasteiger partial charge in [0.25, 0.3) is 0 Å². The number of nitrogens with zero attached hydrogens (tertiary/aromatic N) is 5. The number of rotatable bonds is 4. The molecule has 0 saturated carbocycles. The van der Waals surface area contributed by atoms with Crippen LogP contribution in [0.1, 0.15) is 16.7 Å². The lowest BCUT2D eigenvalue weighted by Crippen LogP contribution is -2.25. The summed E-state index contributed by atoms with van der Waals surface area (Å²) in [5.41, 5.74) is 12.3. The van der Waals surface area contributed by atoms with E-state index in [-0.39, 0.29) is 0 Å². The van der Waals surface area contributed by atoms with E-state index < -0.39 is 0 Å². The first-order valence-electron chi connectivity index (χ1n) is 17.9. The normalized spacial score (nSPS) is 13.0. The molecule has 0 unspecified atom stereocenters. The van der Waals surface area contributed by atoms with Crippen LogP contribution in [0, 0.1) is 20.8 Å². The number of hydrogen-bond donors (Lipinski definition) is 0. The van der Waals surface area contributed by atoms with Gasteiger partial charge in [-0.15, -0.1) is 11.3 Å². The first kappa shape index (κ1) is 30.2. The number of imidazole rings is 1. The van der Waals surface area contributed by atoms with Gasteiger partial charge in [-0.2, -0.15) is 0 Å². The molecular weight excluding hydrogens is 671 g/mol. The van der Waals surface area contributed by atoms with Gasteiger partial charge in [0.1, 0.15) is 29.5 Å². The molecule has 10 aromatic rings. The molecule has 0 fully saturated rings. The maximum absolute atomic E-state index is 7.03. The minimum atomic E-state index is 0.705. The molecule has 53 heavy (non-hydrogen) atoms. The van der Waals surface area contributed by atoms with Crippen LogP contribution in [0.15, 0.2) is 134 Å². The van der Waals surface area contributed by atoms with Crippen LogP contribution in [0.4, 0.5) is 22.7 Å². The highest BCUT2D eigenvalue weighted by molar-refractivity contribution is 7.26. The van der Waals surface area contributed by atoms with Gasteiger partial charge in [-0.25, -0.2) is 9.97 Å². The van der Waals surface area contributed by atoms with Gasteiger partial charge >= 0.3 is 0 Å². The first-order valence-corrected chi connectivity index (χ1v) is 18.8. The van der Waals surface area contributed by atoms with Gasteiger partial charge < -0.3 is 14.5 Å². The summed E-state index contributed by atoms with van der Waals surface area (Å²) in [4.78, 5) is 15.0. The van der Waals surface area contributed by atoms with Crippen molar-refractivity contribution < 1.29 is 4.74 Å². The predicted octanol–water partition coefficient (Wildman–Crippen LogP) is 12.5. The molecule has 7 heteroatoms. The molecule has 0 saturated heterocycles. The van der Waals surface area contributed by atoms with E-state index >= 15 is 0 Å². The highest BCUT2D eigenvalue weighted by Crippen LogP contribution is 2.49. The van der Waals surface area contributed by atoms with E-state index in [1.54, 1.807) is 11.3 Å². The Morgan fingerprint density at radius 1 is 0.642 bits per heavy atom. The zero-order valence-corrected chi connectivity index (χ0v) is 30.3. The largest absolute Gasteiger partial charge is 0.456 e. The quantitative estimate of drug-likeness (QED) is 0.171. The minimum absolute atomic E-state index is 0.705. The summed E-state index contributed by atoms with van der Waals surface area (Å²) in [5, 5.41) is 5.67. The molecule has 6 aromatic carbocycles. The Labute approximate surface area is 309 Å². The molecule has 4 aromatic heterocycles.